The molecule has 0 radical (unpaired) electrons. The molecule has 0 aromatic carbocycles. The first-order chi connectivity index (χ1) is 11.5. The first kappa shape index (κ1) is 19.9. The normalized spacial score (nSPS) is 14.4. The molecule has 0 aliphatic heterocycles. The van der Waals surface area contributed by atoms with Gasteiger partial charge >= 0.3 is 35.0 Å². The minimum Gasteiger partial charge on any atom is -0.480 e. The molecule has 1 aromatic heterocycles. The van der Waals surface area contributed by atoms with Gasteiger partial charge in [-0.25, -0.2) is 42.5 Å². The number of aromatic nitrogens is 3. The predicted octanol–water partition coefficient (Wildman–Crippen LogP) is -1.80. The van der Waals surface area contributed by atoms with E-state index in [0.717, 1.165) is 27.9 Å². The summed E-state index contributed by atoms with van der Waals surface area (Å²) >= 11 is 0. The maximum atomic E-state index is 12.5. The van der Waals surface area contributed by atoms with E-state index < -0.39 is 53.1 Å². The van der Waals surface area contributed by atoms with Crippen LogP contribution in [0.2, 0.25) is 0 Å². The van der Waals surface area contributed by atoms with Crippen LogP contribution in [0.25, 0.3) is 0 Å². The Labute approximate surface area is 139 Å². The molecule has 0 aliphatic rings. The molecule has 138 valence electrons. The van der Waals surface area contributed by atoms with Gasteiger partial charge in [-0.1, -0.05) is 0 Å². The van der Waals surface area contributed by atoms with Crippen molar-refractivity contribution in [3.8, 4) is 0 Å². The first-order valence-corrected chi connectivity index (χ1v) is 7.00. The van der Waals surface area contributed by atoms with E-state index in [1.807, 2.05) is 0 Å². The molecule has 1 rings (SSSR count). The molecule has 0 spiro atoms. The molecule has 3 atom stereocenters. The monoisotopic (exact) mass is 359 g/mol. The van der Waals surface area contributed by atoms with Crippen LogP contribution in [0.4, 0.5) is 0 Å². The second kappa shape index (κ2) is 7.15. The van der Waals surface area contributed by atoms with E-state index in [1.165, 1.54) is 0 Å². The molecule has 12 heteroatoms. The second-order valence-corrected chi connectivity index (χ2v) is 5.19. The zero-order valence-electron chi connectivity index (χ0n) is 13.8. The summed E-state index contributed by atoms with van der Waals surface area (Å²) in [6.07, 6.45) is 0. The van der Waals surface area contributed by atoms with E-state index in [1.54, 1.807) is 0 Å². The summed E-state index contributed by atoms with van der Waals surface area (Å²) < 4.78 is 5.11. The predicted molar refractivity (Wildman–Crippen MR) is 80.6 cm³/mol. The number of hydrogen-bond acceptors (Lipinski definition) is 7. The van der Waals surface area contributed by atoms with Crippen molar-refractivity contribution in [3.05, 3.63) is 31.5 Å². The number of esters is 1. The van der Waals surface area contributed by atoms with Gasteiger partial charge in [0, 0.05) is 0 Å². The SMILES string of the molecule is COC(=O)C(C)n1c(=O)n(C(C)C(=O)O)c(=O)n(C(C)C(=O)O)c1=O. The average Bonchev–Trinajstić information content (AvgIpc) is 2.53. The Hall–Kier alpha value is -3.18. The second-order valence-electron chi connectivity index (χ2n) is 5.19. The molecule has 12 nitrogen and oxygen atoms in total. The maximum Gasteiger partial charge on any atom is 0.337 e. The van der Waals surface area contributed by atoms with Gasteiger partial charge in [-0.2, -0.15) is 0 Å². The standard InChI is InChI=1S/C13H17N3O9/c1-5(8(17)18)14-11(22)15(6(2)9(19)20)13(24)16(12(14)23)7(3)10(21)25-4/h5-7H,1-4H3,(H,17,18)(H,19,20). The van der Waals surface area contributed by atoms with Crippen molar-refractivity contribution in [3.63, 3.8) is 0 Å². The molecule has 1 heterocycles. The lowest BCUT2D eigenvalue weighted by atomic mass is 10.3. The van der Waals surface area contributed by atoms with E-state index >= 15 is 0 Å². The summed E-state index contributed by atoms with van der Waals surface area (Å²) in [6.45, 7) is 3.11. The highest BCUT2D eigenvalue weighted by Gasteiger charge is 2.31. The zero-order chi connectivity index (χ0) is 19.6. The van der Waals surface area contributed by atoms with E-state index in [-0.39, 0.29) is 13.7 Å². The minimum absolute atomic E-state index is 0.197. The van der Waals surface area contributed by atoms with Gasteiger partial charge in [0.25, 0.3) is 0 Å². The lowest BCUT2D eigenvalue weighted by Gasteiger charge is -2.20. The van der Waals surface area contributed by atoms with Crippen LogP contribution in [0, 0.1) is 0 Å². The van der Waals surface area contributed by atoms with Crippen LogP contribution in [0.1, 0.15) is 38.9 Å². The van der Waals surface area contributed by atoms with Crippen molar-refractivity contribution in [2.75, 3.05) is 7.11 Å². The van der Waals surface area contributed by atoms with Crippen molar-refractivity contribution in [2.45, 2.75) is 38.9 Å². The molecule has 0 bridgehead atoms. The van der Waals surface area contributed by atoms with Gasteiger partial charge in [-0.15, -0.1) is 0 Å². The third-order valence-electron chi connectivity index (χ3n) is 3.66. The molecule has 1 aromatic rings. The zero-order valence-corrected chi connectivity index (χ0v) is 13.8. The highest BCUT2D eigenvalue weighted by atomic mass is 16.5. The van der Waals surface area contributed by atoms with Crippen molar-refractivity contribution >= 4 is 17.9 Å². The molecule has 2 N–H and O–H groups in total. The highest BCUT2D eigenvalue weighted by Crippen LogP contribution is 2.05. The van der Waals surface area contributed by atoms with Gasteiger partial charge in [0.15, 0.2) is 0 Å². The van der Waals surface area contributed by atoms with Crippen LogP contribution >= 0.6 is 0 Å². The number of rotatable bonds is 6. The van der Waals surface area contributed by atoms with E-state index in [9.17, 15) is 28.8 Å². The van der Waals surface area contributed by atoms with Crippen molar-refractivity contribution in [1.29, 1.82) is 0 Å². The number of methoxy groups -OCH3 is 1. The lowest BCUT2D eigenvalue weighted by Crippen LogP contribution is -2.58. The molecular weight excluding hydrogens is 342 g/mol. The Morgan fingerprint density at radius 3 is 1.28 bits per heavy atom. The molecule has 0 saturated carbocycles. The van der Waals surface area contributed by atoms with Crippen molar-refractivity contribution < 1.29 is 29.3 Å². The van der Waals surface area contributed by atoms with Gasteiger partial charge in [-0.05, 0) is 20.8 Å². The number of nitrogens with zero attached hydrogens (tertiary/aromatic N) is 3. The fraction of sp³-hybridized carbons (Fsp3) is 0.538. The van der Waals surface area contributed by atoms with E-state index in [4.69, 9.17) is 10.2 Å². The quantitative estimate of drug-likeness (QED) is 0.557. The highest BCUT2D eigenvalue weighted by molar-refractivity contribution is 5.74. The minimum atomic E-state index is -1.70. The van der Waals surface area contributed by atoms with Crippen LogP contribution in [-0.4, -0.2) is 48.9 Å². The number of carboxylic acid groups (broad SMARTS) is 2. The molecule has 0 amide bonds. The largest absolute Gasteiger partial charge is 0.480 e. The molecule has 0 fully saturated rings. The number of hydrogen-bond donors (Lipinski definition) is 2. The molecular formula is C13H17N3O9. The fourth-order valence-corrected chi connectivity index (χ4v) is 2.08. The van der Waals surface area contributed by atoms with Crippen molar-refractivity contribution in [2.24, 2.45) is 0 Å². The smallest absolute Gasteiger partial charge is 0.337 e. The van der Waals surface area contributed by atoms with Gasteiger partial charge in [0.2, 0.25) is 0 Å². The summed E-state index contributed by atoms with van der Waals surface area (Å²) in [6, 6.07) is -4.92. The molecule has 25 heavy (non-hydrogen) atoms. The molecule has 0 saturated heterocycles. The maximum absolute atomic E-state index is 12.5. The molecule has 0 aliphatic carbocycles. The Balaban J connectivity index is 4.04. The van der Waals surface area contributed by atoms with E-state index in [0.29, 0.717) is 0 Å². The van der Waals surface area contributed by atoms with E-state index in [2.05, 4.69) is 4.74 Å². The van der Waals surface area contributed by atoms with Crippen LogP contribution in [0.5, 0.6) is 0 Å². The summed E-state index contributed by atoms with van der Waals surface area (Å²) in [4.78, 5) is 71.3. The average molecular weight is 359 g/mol. The number of carbonyl (C=O) groups excluding carboxylic acids is 1. The summed E-state index contributed by atoms with van der Waals surface area (Å²) in [5, 5.41) is 18.1. The van der Waals surface area contributed by atoms with Crippen LogP contribution in [-0.2, 0) is 19.1 Å². The van der Waals surface area contributed by atoms with Gasteiger partial charge in [0.05, 0.1) is 7.11 Å². The van der Waals surface area contributed by atoms with Crippen LogP contribution in [0.3, 0.4) is 0 Å². The van der Waals surface area contributed by atoms with Gasteiger partial charge < -0.3 is 14.9 Å². The first-order valence-electron chi connectivity index (χ1n) is 7.00. The number of aliphatic carboxylic acids is 2. The van der Waals surface area contributed by atoms with Gasteiger partial charge in [-0.3, -0.25) is 0 Å². The van der Waals surface area contributed by atoms with Crippen molar-refractivity contribution in [1.82, 2.24) is 13.7 Å². The Morgan fingerprint density at radius 2 is 1.04 bits per heavy atom. The molecule has 3 unspecified atom stereocenters. The number of carbonyl (C=O) groups is 3. The number of carboxylic acids is 2. The summed E-state index contributed by atoms with van der Waals surface area (Å²) in [5.41, 5.74) is -4.14. The van der Waals surface area contributed by atoms with Crippen LogP contribution < -0.4 is 17.1 Å². The summed E-state index contributed by atoms with van der Waals surface area (Å²) in [7, 11) is 0.998. The topological polar surface area (TPSA) is 167 Å². The third-order valence-corrected chi connectivity index (χ3v) is 3.66. The van der Waals surface area contributed by atoms with Gasteiger partial charge in [0.1, 0.15) is 18.1 Å². The van der Waals surface area contributed by atoms with Crippen LogP contribution in [0.15, 0.2) is 14.4 Å². The Bertz CT molecular complexity index is 833. The Kier molecular flexibility index (Phi) is 5.68. The Morgan fingerprint density at radius 1 is 0.760 bits per heavy atom. The third kappa shape index (κ3) is 3.36. The number of ether oxygens (including phenoxy) is 1. The lowest BCUT2D eigenvalue weighted by molar-refractivity contribution is -0.144. The fourth-order valence-electron chi connectivity index (χ4n) is 2.08. The summed E-state index contributed by atoms with van der Waals surface area (Å²) in [5.74, 6) is -4.14.